The molecule has 32 heavy (non-hydrogen) atoms. The summed E-state index contributed by atoms with van der Waals surface area (Å²) in [6.07, 6.45) is 9.65. The number of hydrogen-bond acceptors (Lipinski definition) is 3. The second kappa shape index (κ2) is 12.7. The molecule has 4 nitrogen and oxygen atoms in total. The number of nitrogens with one attached hydrogen (secondary N) is 1. The van der Waals surface area contributed by atoms with Gasteiger partial charge in [-0.15, -0.1) is 11.8 Å². The van der Waals surface area contributed by atoms with E-state index in [-0.39, 0.29) is 17.2 Å². The minimum atomic E-state index is -0.0339. The molecule has 1 aliphatic heterocycles. The van der Waals surface area contributed by atoms with E-state index < -0.39 is 0 Å². The lowest BCUT2D eigenvalue weighted by atomic mass is 10.1. The molecule has 172 valence electrons. The number of thioether (sulfide) groups is 1. The third-order valence-corrected chi connectivity index (χ3v) is 7.09. The maximum absolute atomic E-state index is 12.8. The Hall–Kier alpha value is -2.27. The van der Waals surface area contributed by atoms with Gasteiger partial charge in [0.2, 0.25) is 11.8 Å². The minimum absolute atomic E-state index is 0.0339. The van der Waals surface area contributed by atoms with E-state index in [4.69, 9.17) is 0 Å². The van der Waals surface area contributed by atoms with Crippen molar-refractivity contribution in [3.63, 3.8) is 0 Å². The van der Waals surface area contributed by atoms with Crippen molar-refractivity contribution in [3.05, 3.63) is 59.7 Å². The molecule has 0 saturated carbocycles. The minimum Gasteiger partial charge on any atom is -0.326 e. The Labute approximate surface area is 197 Å². The molecule has 3 rings (SSSR count). The van der Waals surface area contributed by atoms with Gasteiger partial charge in [0.15, 0.2) is 0 Å². The van der Waals surface area contributed by atoms with Crippen molar-refractivity contribution in [2.45, 2.75) is 77.0 Å². The van der Waals surface area contributed by atoms with Crippen LogP contribution in [0.4, 0.5) is 11.4 Å². The molecule has 1 saturated heterocycles. The highest BCUT2D eigenvalue weighted by Crippen LogP contribution is 2.43. The second-order valence-corrected chi connectivity index (χ2v) is 9.56. The monoisotopic (exact) mass is 452 g/mol. The standard InChI is InChI=1S/C27H36N2O2S/c1-3-5-6-7-8-9-15-25(30)28-23-18-16-22(17-19-23)27-29(26(31)20-32-27)24-14-11-10-13-21(24)12-4-2/h10-11,13-14,16-19,27H,3-9,12,15,20H2,1-2H3,(H,28,30). The molecule has 1 atom stereocenters. The van der Waals surface area contributed by atoms with E-state index in [1.165, 1.54) is 31.2 Å². The number of carbonyl (C=O) groups excluding carboxylic acids is 2. The summed E-state index contributed by atoms with van der Waals surface area (Å²) in [6, 6.07) is 16.2. The number of benzene rings is 2. The van der Waals surface area contributed by atoms with Crippen molar-refractivity contribution in [1.82, 2.24) is 0 Å². The van der Waals surface area contributed by atoms with Crippen molar-refractivity contribution in [3.8, 4) is 0 Å². The number of aryl methyl sites for hydroxylation is 1. The van der Waals surface area contributed by atoms with Crippen LogP contribution in [-0.4, -0.2) is 17.6 Å². The fourth-order valence-electron chi connectivity index (χ4n) is 4.18. The van der Waals surface area contributed by atoms with Crippen molar-refractivity contribution < 1.29 is 9.59 Å². The van der Waals surface area contributed by atoms with Gasteiger partial charge in [0.1, 0.15) is 5.37 Å². The van der Waals surface area contributed by atoms with Gasteiger partial charge in [0.05, 0.1) is 5.75 Å². The van der Waals surface area contributed by atoms with E-state index in [0.717, 1.165) is 42.6 Å². The molecule has 2 amide bonds. The summed E-state index contributed by atoms with van der Waals surface area (Å²) in [4.78, 5) is 27.0. The maximum Gasteiger partial charge on any atom is 0.238 e. The van der Waals surface area contributed by atoms with Gasteiger partial charge in [-0.2, -0.15) is 0 Å². The molecule has 1 unspecified atom stereocenters. The quantitative estimate of drug-likeness (QED) is 0.349. The van der Waals surface area contributed by atoms with E-state index in [9.17, 15) is 9.59 Å². The summed E-state index contributed by atoms with van der Waals surface area (Å²) in [5.74, 6) is 0.718. The van der Waals surface area contributed by atoms with Crippen LogP contribution in [-0.2, 0) is 16.0 Å². The van der Waals surface area contributed by atoms with Gasteiger partial charge >= 0.3 is 0 Å². The number of amides is 2. The topological polar surface area (TPSA) is 49.4 Å². The van der Waals surface area contributed by atoms with Crippen molar-refractivity contribution >= 4 is 35.0 Å². The lowest BCUT2D eigenvalue weighted by Crippen LogP contribution is -2.28. The first kappa shape index (κ1) is 24.4. The van der Waals surface area contributed by atoms with Crippen LogP contribution >= 0.6 is 11.8 Å². The molecule has 0 bridgehead atoms. The average Bonchev–Trinajstić information content (AvgIpc) is 3.18. The highest BCUT2D eigenvalue weighted by molar-refractivity contribution is 8.00. The number of carbonyl (C=O) groups is 2. The summed E-state index contributed by atoms with van der Waals surface area (Å²) in [7, 11) is 0. The van der Waals surface area contributed by atoms with Gasteiger partial charge in [-0.1, -0.05) is 82.7 Å². The summed E-state index contributed by atoms with van der Waals surface area (Å²) in [5, 5.41) is 2.98. The average molecular weight is 453 g/mol. The highest BCUT2D eigenvalue weighted by Gasteiger charge is 2.34. The second-order valence-electron chi connectivity index (χ2n) is 8.49. The number of unbranched alkanes of at least 4 members (excludes halogenated alkanes) is 5. The van der Waals surface area contributed by atoms with Crippen LogP contribution in [0.3, 0.4) is 0 Å². The van der Waals surface area contributed by atoms with E-state index in [1.807, 2.05) is 41.3 Å². The highest BCUT2D eigenvalue weighted by atomic mass is 32.2. The van der Waals surface area contributed by atoms with Crippen LogP contribution in [0.15, 0.2) is 48.5 Å². The van der Waals surface area contributed by atoms with E-state index in [2.05, 4.69) is 31.3 Å². The predicted octanol–water partition coefficient (Wildman–Crippen LogP) is 7.11. The Morgan fingerprint density at radius 1 is 0.969 bits per heavy atom. The fourth-order valence-corrected chi connectivity index (χ4v) is 5.35. The van der Waals surface area contributed by atoms with Gasteiger partial charge in [-0.3, -0.25) is 14.5 Å². The molecule has 0 aromatic heterocycles. The zero-order valence-electron chi connectivity index (χ0n) is 19.4. The van der Waals surface area contributed by atoms with Crippen LogP contribution in [0, 0.1) is 0 Å². The van der Waals surface area contributed by atoms with Gasteiger partial charge in [-0.05, 0) is 42.2 Å². The van der Waals surface area contributed by atoms with Gasteiger partial charge in [-0.25, -0.2) is 0 Å². The molecule has 1 heterocycles. The first-order valence-corrected chi connectivity index (χ1v) is 13.1. The fraction of sp³-hybridized carbons (Fsp3) is 0.481. The maximum atomic E-state index is 12.8. The zero-order chi connectivity index (χ0) is 22.8. The number of para-hydroxylation sites is 1. The van der Waals surface area contributed by atoms with Crippen molar-refractivity contribution in [1.29, 1.82) is 0 Å². The normalized spacial score (nSPS) is 15.9. The molecular formula is C27H36N2O2S. The lowest BCUT2D eigenvalue weighted by molar-refractivity contribution is -0.116. The summed E-state index contributed by atoms with van der Waals surface area (Å²) < 4.78 is 0. The lowest BCUT2D eigenvalue weighted by Gasteiger charge is -2.26. The van der Waals surface area contributed by atoms with E-state index in [1.54, 1.807) is 11.8 Å². The van der Waals surface area contributed by atoms with Gasteiger partial charge in [0, 0.05) is 17.8 Å². The first-order valence-electron chi connectivity index (χ1n) is 12.1. The smallest absolute Gasteiger partial charge is 0.238 e. The molecule has 1 fully saturated rings. The number of anilines is 2. The van der Waals surface area contributed by atoms with Crippen LogP contribution in [0.1, 0.15) is 81.7 Å². The molecule has 0 radical (unpaired) electrons. The van der Waals surface area contributed by atoms with Crippen LogP contribution in [0.2, 0.25) is 0 Å². The summed E-state index contributed by atoms with van der Waals surface area (Å²) in [5.41, 5.74) is 4.14. The van der Waals surface area contributed by atoms with Crippen molar-refractivity contribution in [2.24, 2.45) is 0 Å². The third kappa shape index (κ3) is 6.61. The Morgan fingerprint density at radius 2 is 1.69 bits per heavy atom. The molecule has 0 spiro atoms. The Bertz CT molecular complexity index is 881. The molecule has 2 aromatic carbocycles. The predicted molar refractivity (Wildman–Crippen MR) is 136 cm³/mol. The first-order chi connectivity index (χ1) is 15.6. The summed E-state index contributed by atoms with van der Waals surface area (Å²) in [6.45, 7) is 4.37. The van der Waals surface area contributed by atoms with Crippen LogP contribution in [0.25, 0.3) is 0 Å². The zero-order valence-corrected chi connectivity index (χ0v) is 20.3. The van der Waals surface area contributed by atoms with Crippen LogP contribution in [0.5, 0.6) is 0 Å². The summed E-state index contributed by atoms with van der Waals surface area (Å²) >= 11 is 1.66. The van der Waals surface area contributed by atoms with E-state index in [0.29, 0.717) is 12.2 Å². The molecule has 5 heteroatoms. The largest absolute Gasteiger partial charge is 0.326 e. The van der Waals surface area contributed by atoms with E-state index >= 15 is 0 Å². The van der Waals surface area contributed by atoms with Gasteiger partial charge in [0.25, 0.3) is 0 Å². The third-order valence-electron chi connectivity index (χ3n) is 5.88. The molecular weight excluding hydrogens is 416 g/mol. The number of nitrogens with zero attached hydrogens (tertiary/aromatic N) is 1. The molecule has 0 aliphatic carbocycles. The Balaban J connectivity index is 1.60. The molecule has 1 aliphatic rings. The Kier molecular flexibility index (Phi) is 9.66. The number of hydrogen-bond donors (Lipinski definition) is 1. The molecule has 1 N–H and O–H groups in total. The van der Waals surface area contributed by atoms with Gasteiger partial charge < -0.3 is 5.32 Å². The van der Waals surface area contributed by atoms with Crippen LogP contribution < -0.4 is 10.2 Å². The van der Waals surface area contributed by atoms with Crippen molar-refractivity contribution in [2.75, 3.05) is 16.0 Å². The Morgan fingerprint density at radius 3 is 2.44 bits per heavy atom. The SMILES string of the molecule is CCCCCCCCC(=O)Nc1ccc(C2SCC(=O)N2c2ccccc2CCC)cc1. The molecule has 2 aromatic rings. The number of rotatable bonds is 12.